The normalized spacial score (nSPS) is 26.2. The topological polar surface area (TPSA) is 24.5 Å². The van der Waals surface area contributed by atoms with Crippen molar-refractivity contribution in [2.75, 3.05) is 38.2 Å². The highest BCUT2D eigenvalue weighted by atomic mass is 16.5. The third-order valence-electron chi connectivity index (χ3n) is 6.02. The fourth-order valence-corrected chi connectivity index (χ4v) is 4.68. The maximum Gasteiger partial charge on any atom is 0.0594 e. The van der Waals surface area contributed by atoms with Crippen molar-refractivity contribution in [1.82, 2.24) is 4.90 Å². The van der Waals surface area contributed by atoms with Crippen LogP contribution in [0.4, 0.5) is 5.69 Å². The van der Waals surface area contributed by atoms with Crippen LogP contribution in [0.1, 0.15) is 30.9 Å². The fourth-order valence-electron chi connectivity index (χ4n) is 4.68. The van der Waals surface area contributed by atoms with Crippen LogP contribution in [-0.2, 0) is 10.2 Å². The van der Waals surface area contributed by atoms with E-state index in [-0.39, 0.29) is 5.41 Å². The number of nitrogens with zero attached hydrogens (tertiary/aromatic N) is 1. The fraction of sp³-hybridized carbons (Fsp3) is 0.455. The molecule has 1 fully saturated rings. The molecule has 25 heavy (non-hydrogen) atoms. The van der Waals surface area contributed by atoms with Gasteiger partial charge in [0.2, 0.25) is 0 Å². The number of anilines is 1. The van der Waals surface area contributed by atoms with Crippen LogP contribution >= 0.6 is 0 Å². The van der Waals surface area contributed by atoms with Gasteiger partial charge in [0.1, 0.15) is 0 Å². The molecule has 2 aliphatic rings. The van der Waals surface area contributed by atoms with E-state index in [0.29, 0.717) is 6.04 Å². The van der Waals surface area contributed by atoms with Crippen LogP contribution in [0.3, 0.4) is 0 Å². The highest BCUT2D eigenvalue weighted by Gasteiger charge is 2.46. The van der Waals surface area contributed by atoms with Crippen molar-refractivity contribution >= 4 is 5.69 Å². The first-order chi connectivity index (χ1) is 12.3. The van der Waals surface area contributed by atoms with Crippen molar-refractivity contribution < 1.29 is 4.74 Å². The smallest absolute Gasteiger partial charge is 0.0594 e. The molecule has 0 aliphatic carbocycles. The Labute approximate surface area is 151 Å². The molecule has 2 heterocycles. The summed E-state index contributed by atoms with van der Waals surface area (Å²) in [7, 11) is 0. The Kier molecular flexibility index (Phi) is 4.78. The molecule has 2 aliphatic heterocycles. The van der Waals surface area contributed by atoms with Gasteiger partial charge in [-0.05, 0) is 30.0 Å². The molecule has 2 atom stereocenters. The number of morpholine rings is 1. The van der Waals surface area contributed by atoms with E-state index in [1.54, 1.807) is 0 Å². The number of rotatable bonds is 5. The monoisotopic (exact) mass is 336 g/mol. The maximum atomic E-state index is 5.50. The molecule has 2 aromatic carbocycles. The molecule has 0 spiro atoms. The zero-order chi connectivity index (χ0) is 17.1. The molecule has 0 saturated carbocycles. The van der Waals surface area contributed by atoms with Crippen molar-refractivity contribution in [2.45, 2.75) is 31.2 Å². The Bertz CT molecular complexity index is 696. The summed E-state index contributed by atoms with van der Waals surface area (Å²) in [4.78, 5) is 2.54. The van der Waals surface area contributed by atoms with E-state index in [4.69, 9.17) is 4.74 Å². The van der Waals surface area contributed by atoms with Crippen LogP contribution in [0.25, 0.3) is 0 Å². The second-order valence-electron chi connectivity index (χ2n) is 7.18. The second kappa shape index (κ2) is 7.19. The molecule has 0 aromatic heterocycles. The molecule has 1 saturated heterocycles. The summed E-state index contributed by atoms with van der Waals surface area (Å²) >= 11 is 0. The van der Waals surface area contributed by atoms with Crippen LogP contribution in [-0.4, -0.2) is 43.8 Å². The van der Waals surface area contributed by atoms with Gasteiger partial charge in [0, 0.05) is 36.8 Å². The number of para-hydroxylation sites is 1. The summed E-state index contributed by atoms with van der Waals surface area (Å²) in [6.07, 6.45) is 2.26. The number of hydrogen-bond donors (Lipinski definition) is 1. The van der Waals surface area contributed by atoms with Gasteiger partial charge in [-0.25, -0.2) is 0 Å². The largest absolute Gasteiger partial charge is 0.381 e. The van der Waals surface area contributed by atoms with E-state index in [0.717, 1.165) is 45.7 Å². The Morgan fingerprint density at radius 1 is 1.04 bits per heavy atom. The summed E-state index contributed by atoms with van der Waals surface area (Å²) in [6, 6.07) is 20.4. The van der Waals surface area contributed by atoms with Gasteiger partial charge < -0.3 is 10.1 Å². The van der Waals surface area contributed by atoms with Crippen molar-refractivity contribution in [3.63, 3.8) is 0 Å². The van der Waals surface area contributed by atoms with E-state index in [1.165, 1.54) is 16.8 Å². The Balaban J connectivity index is 1.65. The van der Waals surface area contributed by atoms with Gasteiger partial charge >= 0.3 is 0 Å². The lowest BCUT2D eigenvalue weighted by Crippen LogP contribution is -2.44. The molecule has 0 radical (unpaired) electrons. The minimum atomic E-state index is 0.0597. The summed E-state index contributed by atoms with van der Waals surface area (Å²) in [5.41, 5.74) is 4.25. The highest BCUT2D eigenvalue weighted by molar-refractivity contribution is 5.66. The number of hydrogen-bond acceptors (Lipinski definition) is 3. The molecular formula is C22H28N2O. The molecule has 0 bridgehead atoms. The lowest BCUT2D eigenvalue weighted by molar-refractivity contribution is 0.0362. The van der Waals surface area contributed by atoms with Gasteiger partial charge in [-0.3, -0.25) is 4.90 Å². The van der Waals surface area contributed by atoms with Gasteiger partial charge in [0.25, 0.3) is 0 Å². The first kappa shape index (κ1) is 16.6. The van der Waals surface area contributed by atoms with Crippen LogP contribution in [0.5, 0.6) is 0 Å². The van der Waals surface area contributed by atoms with Crippen molar-refractivity contribution in [3.8, 4) is 0 Å². The van der Waals surface area contributed by atoms with Crippen molar-refractivity contribution in [1.29, 1.82) is 0 Å². The van der Waals surface area contributed by atoms with Gasteiger partial charge in [0.05, 0.1) is 13.2 Å². The second-order valence-corrected chi connectivity index (χ2v) is 7.18. The molecule has 2 unspecified atom stereocenters. The SMILES string of the molecule is CCC1(c2ccccc2)c2ccccc2NC1CCN1CCOCC1. The number of ether oxygens (including phenoxy) is 1. The average molecular weight is 336 g/mol. The van der Waals surface area contributed by atoms with Crippen molar-refractivity contribution in [2.24, 2.45) is 0 Å². The van der Waals surface area contributed by atoms with Gasteiger partial charge in [-0.15, -0.1) is 0 Å². The summed E-state index contributed by atoms with van der Waals surface area (Å²) in [5.74, 6) is 0. The summed E-state index contributed by atoms with van der Waals surface area (Å²) in [6.45, 7) is 7.32. The van der Waals surface area contributed by atoms with Crippen LogP contribution in [0.15, 0.2) is 54.6 Å². The number of benzene rings is 2. The van der Waals surface area contributed by atoms with Crippen LogP contribution in [0, 0.1) is 0 Å². The molecule has 2 aromatic rings. The lowest BCUT2D eigenvalue weighted by atomic mass is 9.68. The minimum Gasteiger partial charge on any atom is -0.381 e. The zero-order valence-electron chi connectivity index (χ0n) is 15.1. The quantitative estimate of drug-likeness (QED) is 0.896. The zero-order valence-corrected chi connectivity index (χ0v) is 15.1. The lowest BCUT2D eigenvalue weighted by Gasteiger charge is -2.37. The standard InChI is InChI=1S/C22H28N2O/c1-2-22(18-8-4-3-5-9-18)19-10-6-7-11-20(19)23-21(22)12-13-24-14-16-25-17-15-24/h3-11,21,23H,2,12-17H2,1H3. The first-order valence-electron chi connectivity index (χ1n) is 9.56. The van der Waals surface area contributed by atoms with Crippen LogP contribution in [0.2, 0.25) is 0 Å². The Hall–Kier alpha value is -1.84. The number of nitrogens with one attached hydrogen (secondary N) is 1. The number of fused-ring (bicyclic) bond motifs is 1. The van der Waals surface area contributed by atoms with E-state index in [2.05, 4.69) is 71.7 Å². The van der Waals surface area contributed by atoms with Gasteiger partial charge in [-0.2, -0.15) is 0 Å². The summed E-state index contributed by atoms with van der Waals surface area (Å²) in [5, 5.41) is 3.86. The third kappa shape index (κ3) is 2.96. The minimum absolute atomic E-state index is 0.0597. The summed E-state index contributed by atoms with van der Waals surface area (Å²) < 4.78 is 5.50. The molecular weight excluding hydrogens is 308 g/mol. The third-order valence-corrected chi connectivity index (χ3v) is 6.02. The molecule has 3 nitrogen and oxygen atoms in total. The predicted octanol–water partition coefficient (Wildman–Crippen LogP) is 3.90. The maximum absolute atomic E-state index is 5.50. The Morgan fingerprint density at radius 3 is 2.52 bits per heavy atom. The molecule has 4 rings (SSSR count). The first-order valence-corrected chi connectivity index (χ1v) is 9.56. The molecule has 0 amide bonds. The average Bonchev–Trinajstić information content (AvgIpc) is 3.02. The van der Waals surface area contributed by atoms with E-state index < -0.39 is 0 Å². The molecule has 132 valence electrons. The van der Waals surface area contributed by atoms with Crippen molar-refractivity contribution in [3.05, 3.63) is 65.7 Å². The predicted molar refractivity (Wildman–Crippen MR) is 103 cm³/mol. The molecule has 1 N–H and O–H groups in total. The van der Waals surface area contributed by atoms with E-state index in [9.17, 15) is 0 Å². The van der Waals surface area contributed by atoms with Crippen LogP contribution < -0.4 is 5.32 Å². The van der Waals surface area contributed by atoms with E-state index in [1.807, 2.05) is 0 Å². The molecule has 3 heteroatoms. The van der Waals surface area contributed by atoms with E-state index >= 15 is 0 Å². The van der Waals surface area contributed by atoms with Gasteiger partial charge in [0.15, 0.2) is 0 Å². The Morgan fingerprint density at radius 2 is 1.76 bits per heavy atom. The highest BCUT2D eigenvalue weighted by Crippen LogP contribution is 2.49. The van der Waals surface area contributed by atoms with Gasteiger partial charge in [-0.1, -0.05) is 55.5 Å².